The zero-order valence-electron chi connectivity index (χ0n) is 16.6. The summed E-state index contributed by atoms with van der Waals surface area (Å²) >= 11 is 1.72. The fourth-order valence-electron chi connectivity index (χ4n) is 5.30. The van der Waals surface area contributed by atoms with Gasteiger partial charge in [0.05, 0.1) is 30.3 Å². The van der Waals surface area contributed by atoms with Crippen molar-refractivity contribution in [3.05, 3.63) is 21.4 Å². The highest BCUT2D eigenvalue weighted by atomic mass is 32.1. The van der Waals surface area contributed by atoms with Crippen LogP contribution >= 0.6 is 11.3 Å². The van der Waals surface area contributed by atoms with Crippen LogP contribution in [-0.4, -0.2) is 80.8 Å². The number of ether oxygens (including phenoxy) is 2. The third-order valence-corrected chi connectivity index (χ3v) is 8.13. The first-order valence-corrected chi connectivity index (χ1v) is 11.7. The first-order chi connectivity index (χ1) is 13.8. The first-order valence-electron chi connectivity index (χ1n) is 10.8. The van der Waals surface area contributed by atoms with E-state index in [9.17, 15) is 4.79 Å². The van der Waals surface area contributed by atoms with Gasteiger partial charge in [-0.25, -0.2) is 0 Å². The number of morpholine rings is 1. The summed E-state index contributed by atoms with van der Waals surface area (Å²) in [5, 5.41) is 3.44. The molecule has 3 fully saturated rings. The molecule has 0 atom stereocenters. The zero-order chi connectivity index (χ0) is 19.0. The van der Waals surface area contributed by atoms with E-state index < -0.39 is 0 Å². The fourth-order valence-corrected chi connectivity index (χ4v) is 6.50. The monoisotopic (exact) mass is 405 g/mol. The van der Waals surface area contributed by atoms with Crippen molar-refractivity contribution in [3.8, 4) is 0 Å². The molecule has 0 bridgehead atoms. The quantitative estimate of drug-likeness (QED) is 0.814. The Morgan fingerprint density at radius 3 is 2.61 bits per heavy atom. The SMILES string of the molecule is O=C(c1cc2c(s1)CCOC21CCNCC1)N1CCC(N2CCOCC2)CC1. The molecule has 1 spiro atoms. The van der Waals surface area contributed by atoms with Crippen molar-refractivity contribution in [1.29, 1.82) is 0 Å². The van der Waals surface area contributed by atoms with Crippen LogP contribution in [0, 0.1) is 0 Å². The molecule has 5 heterocycles. The standard InChI is InChI=1S/C21H31N3O3S/c25-20(24-8-1-16(2-9-24)23-10-13-26-14-11-23)19-15-17-18(28-19)3-12-27-21(17)4-6-22-7-5-21/h15-16,22H,1-14H2. The summed E-state index contributed by atoms with van der Waals surface area (Å²) in [6, 6.07) is 2.77. The van der Waals surface area contributed by atoms with Crippen LogP contribution in [0.4, 0.5) is 0 Å². The van der Waals surface area contributed by atoms with Crippen LogP contribution in [0.3, 0.4) is 0 Å². The molecule has 0 aliphatic carbocycles. The van der Waals surface area contributed by atoms with Crippen molar-refractivity contribution in [1.82, 2.24) is 15.1 Å². The Labute approximate surface area is 171 Å². The number of amides is 1. The molecule has 154 valence electrons. The number of fused-ring (bicyclic) bond motifs is 2. The second-order valence-electron chi connectivity index (χ2n) is 8.46. The summed E-state index contributed by atoms with van der Waals surface area (Å²) in [5.74, 6) is 0.226. The highest BCUT2D eigenvalue weighted by Crippen LogP contribution is 2.43. The second kappa shape index (κ2) is 8.03. The molecule has 1 N–H and O–H groups in total. The van der Waals surface area contributed by atoms with Crippen molar-refractivity contribution in [2.75, 3.05) is 59.1 Å². The van der Waals surface area contributed by atoms with E-state index in [2.05, 4.69) is 21.2 Å². The maximum Gasteiger partial charge on any atom is 0.263 e. The molecule has 7 heteroatoms. The summed E-state index contributed by atoms with van der Waals surface area (Å²) in [6.07, 6.45) is 5.12. The number of nitrogens with one attached hydrogen (secondary N) is 1. The van der Waals surface area contributed by atoms with E-state index in [0.29, 0.717) is 6.04 Å². The van der Waals surface area contributed by atoms with Crippen molar-refractivity contribution in [2.45, 2.75) is 43.7 Å². The average molecular weight is 406 g/mol. The fraction of sp³-hybridized carbons (Fsp3) is 0.762. The number of hydrogen-bond donors (Lipinski definition) is 1. The van der Waals surface area contributed by atoms with Crippen LogP contribution in [0.15, 0.2) is 6.07 Å². The Morgan fingerprint density at radius 2 is 1.86 bits per heavy atom. The van der Waals surface area contributed by atoms with Gasteiger partial charge in [0.15, 0.2) is 0 Å². The molecule has 4 aliphatic heterocycles. The molecule has 6 nitrogen and oxygen atoms in total. The van der Waals surface area contributed by atoms with Crippen LogP contribution in [0.5, 0.6) is 0 Å². The Hall–Kier alpha value is -0.990. The number of nitrogens with zero attached hydrogens (tertiary/aromatic N) is 2. The molecule has 28 heavy (non-hydrogen) atoms. The molecule has 1 amide bonds. The van der Waals surface area contributed by atoms with Gasteiger partial charge < -0.3 is 19.7 Å². The Bertz CT molecular complexity index is 702. The molecule has 4 aliphatic rings. The van der Waals surface area contributed by atoms with Gasteiger partial charge in [-0.1, -0.05) is 0 Å². The average Bonchev–Trinajstić information content (AvgIpc) is 3.21. The Morgan fingerprint density at radius 1 is 1.11 bits per heavy atom. The van der Waals surface area contributed by atoms with E-state index in [1.54, 1.807) is 11.3 Å². The summed E-state index contributed by atoms with van der Waals surface area (Å²) in [7, 11) is 0. The first kappa shape index (κ1) is 19.0. The molecule has 0 saturated carbocycles. The van der Waals surface area contributed by atoms with Gasteiger partial charge >= 0.3 is 0 Å². The molecule has 5 rings (SSSR count). The van der Waals surface area contributed by atoms with Crippen LogP contribution < -0.4 is 5.32 Å². The lowest BCUT2D eigenvalue weighted by Crippen LogP contribution is -2.50. The minimum Gasteiger partial charge on any atom is -0.379 e. The molecule has 1 aromatic rings. The smallest absolute Gasteiger partial charge is 0.263 e. The number of rotatable bonds is 2. The lowest BCUT2D eigenvalue weighted by Gasteiger charge is -2.40. The molecule has 0 unspecified atom stereocenters. The van der Waals surface area contributed by atoms with Gasteiger partial charge in [0.2, 0.25) is 0 Å². The van der Waals surface area contributed by atoms with Gasteiger partial charge in [0, 0.05) is 43.5 Å². The number of carbonyl (C=O) groups is 1. The summed E-state index contributed by atoms with van der Waals surface area (Å²) in [4.78, 5) is 20.1. The van der Waals surface area contributed by atoms with Crippen molar-refractivity contribution < 1.29 is 14.3 Å². The third-order valence-electron chi connectivity index (χ3n) is 6.94. The van der Waals surface area contributed by atoms with Crippen molar-refractivity contribution in [2.24, 2.45) is 0 Å². The number of carbonyl (C=O) groups excluding carboxylic acids is 1. The summed E-state index contributed by atoms with van der Waals surface area (Å²) in [6.45, 7) is 8.27. The van der Waals surface area contributed by atoms with Crippen LogP contribution in [0.2, 0.25) is 0 Å². The predicted octanol–water partition coefficient (Wildman–Crippen LogP) is 1.84. The van der Waals surface area contributed by atoms with Gasteiger partial charge in [0.25, 0.3) is 5.91 Å². The number of piperidine rings is 2. The van der Waals surface area contributed by atoms with E-state index in [-0.39, 0.29) is 11.5 Å². The largest absolute Gasteiger partial charge is 0.379 e. The maximum atomic E-state index is 13.2. The minimum atomic E-state index is -0.156. The summed E-state index contributed by atoms with van der Waals surface area (Å²) in [5.41, 5.74) is 1.15. The topological polar surface area (TPSA) is 54.0 Å². The van der Waals surface area contributed by atoms with E-state index in [1.165, 1.54) is 10.4 Å². The van der Waals surface area contributed by atoms with Gasteiger partial charge in [-0.3, -0.25) is 9.69 Å². The van der Waals surface area contributed by atoms with E-state index in [4.69, 9.17) is 9.47 Å². The van der Waals surface area contributed by atoms with Crippen LogP contribution in [0.1, 0.15) is 45.8 Å². The predicted molar refractivity (Wildman–Crippen MR) is 109 cm³/mol. The lowest BCUT2D eigenvalue weighted by atomic mass is 9.83. The van der Waals surface area contributed by atoms with E-state index in [1.807, 2.05) is 0 Å². The lowest BCUT2D eigenvalue weighted by molar-refractivity contribution is -0.0792. The highest BCUT2D eigenvalue weighted by Gasteiger charge is 2.41. The minimum absolute atomic E-state index is 0.156. The number of thiophene rings is 1. The number of likely N-dealkylation sites (tertiary alicyclic amines) is 1. The third kappa shape index (κ3) is 3.52. The van der Waals surface area contributed by atoms with E-state index in [0.717, 1.165) is 96.1 Å². The second-order valence-corrected chi connectivity index (χ2v) is 9.60. The highest BCUT2D eigenvalue weighted by molar-refractivity contribution is 7.14. The molecular formula is C21H31N3O3S. The number of hydrogen-bond acceptors (Lipinski definition) is 6. The Kier molecular flexibility index (Phi) is 5.45. The summed E-state index contributed by atoms with van der Waals surface area (Å²) < 4.78 is 11.8. The molecule has 0 radical (unpaired) electrons. The van der Waals surface area contributed by atoms with Gasteiger partial charge in [-0.05, 0) is 50.4 Å². The van der Waals surface area contributed by atoms with Gasteiger partial charge in [-0.15, -0.1) is 11.3 Å². The van der Waals surface area contributed by atoms with Crippen molar-refractivity contribution in [3.63, 3.8) is 0 Å². The molecule has 3 saturated heterocycles. The Balaban J connectivity index is 1.26. The maximum absolute atomic E-state index is 13.2. The van der Waals surface area contributed by atoms with Crippen molar-refractivity contribution >= 4 is 17.2 Å². The van der Waals surface area contributed by atoms with E-state index >= 15 is 0 Å². The van der Waals surface area contributed by atoms with Gasteiger partial charge in [-0.2, -0.15) is 0 Å². The van der Waals surface area contributed by atoms with Crippen LogP contribution in [-0.2, 0) is 21.5 Å². The van der Waals surface area contributed by atoms with Crippen LogP contribution in [0.25, 0.3) is 0 Å². The normalized spacial score (nSPS) is 26.4. The molecule has 1 aromatic heterocycles. The molecule has 0 aromatic carbocycles. The zero-order valence-corrected chi connectivity index (χ0v) is 17.4. The molecular weight excluding hydrogens is 374 g/mol. The van der Waals surface area contributed by atoms with Gasteiger partial charge in [0.1, 0.15) is 0 Å².